The summed E-state index contributed by atoms with van der Waals surface area (Å²) >= 11 is 0. The molecule has 0 aliphatic heterocycles. The Balaban J connectivity index is 2.94. The van der Waals surface area contributed by atoms with Gasteiger partial charge in [-0.05, 0) is 25.1 Å². The zero-order valence-corrected chi connectivity index (χ0v) is 11.2. The molecule has 1 atom stereocenters. The fourth-order valence-electron chi connectivity index (χ4n) is 1.56. The largest absolute Gasteiger partial charge is 0.392 e. The molecule has 0 heterocycles. The van der Waals surface area contributed by atoms with Crippen molar-refractivity contribution >= 4 is 10.0 Å². The van der Waals surface area contributed by atoms with Crippen LogP contribution in [0.4, 0.5) is 17.6 Å². The molecule has 0 bridgehead atoms. The lowest BCUT2D eigenvalue weighted by Gasteiger charge is -2.16. The second-order valence-corrected chi connectivity index (χ2v) is 5.97. The van der Waals surface area contributed by atoms with E-state index in [0.29, 0.717) is 0 Å². The van der Waals surface area contributed by atoms with Crippen molar-refractivity contribution in [3.63, 3.8) is 0 Å². The first-order valence-electron chi connectivity index (χ1n) is 5.53. The Morgan fingerprint density at radius 1 is 1.35 bits per heavy atom. The molecule has 0 spiro atoms. The summed E-state index contributed by atoms with van der Waals surface area (Å²) in [4.78, 5) is -0.406. The van der Waals surface area contributed by atoms with E-state index >= 15 is 0 Å². The molecule has 0 aromatic heterocycles. The highest BCUT2D eigenvalue weighted by Crippen LogP contribution is 2.22. The summed E-state index contributed by atoms with van der Waals surface area (Å²) in [6.07, 6.45) is -5.82. The fraction of sp³-hybridized carbons (Fsp3) is 0.455. The Morgan fingerprint density at radius 3 is 2.45 bits per heavy atom. The predicted octanol–water partition coefficient (Wildman–Crippen LogP) is 1.94. The number of benzene rings is 1. The number of sulfonamides is 1. The van der Waals surface area contributed by atoms with E-state index in [9.17, 15) is 26.0 Å². The van der Waals surface area contributed by atoms with Crippen LogP contribution in [-0.2, 0) is 16.6 Å². The molecule has 4 nitrogen and oxygen atoms in total. The van der Waals surface area contributed by atoms with Crippen molar-refractivity contribution in [3.05, 3.63) is 29.6 Å². The van der Waals surface area contributed by atoms with E-state index in [1.807, 2.05) is 4.72 Å². The first kappa shape index (κ1) is 16.9. The van der Waals surface area contributed by atoms with Crippen LogP contribution >= 0.6 is 0 Å². The summed E-state index contributed by atoms with van der Waals surface area (Å²) < 4.78 is 75.0. The summed E-state index contributed by atoms with van der Waals surface area (Å²) in [5, 5.41) is 8.84. The number of nitrogens with one attached hydrogen (secondary N) is 1. The molecular formula is C11H13F4NO3S. The molecule has 0 radical (unpaired) electrons. The molecule has 1 aromatic rings. The van der Waals surface area contributed by atoms with Crippen molar-refractivity contribution in [1.29, 1.82) is 0 Å². The molecule has 0 saturated carbocycles. The zero-order chi connectivity index (χ0) is 15.6. The number of halogens is 4. The van der Waals surface area contributed by atoms with E-state index in [-0.39, 0.29) is 5.56 Å². The van der Waals surface area contributed by atoms with Gasteiger partial charge >= 0.3 is 6.18 Å². The molecule has 2 N–H and O–H groups in total. The highest BCUT2D eigenvalue weighted by molar-refractivity contribution is 7.89. The average molecular weight is 315 g/mol. The van der Waals surface area contributed by atoms with Gasteiger partial charge in [0.15, 0.2) is 0 Å². The highest BCUT2D eigenvalue weighted by Gasteiger charge is 2.32. The van der Waals surface area contributed by atoms with Gasteiger partial charge in [0.05, 0.1) is 17.9 Å². The molecule has 1 unspecified atom stereocenters. The Hall–Kier alpha value is -1.19. The normalized spacial score (nSPS) is 14.3. The van der Waals surface area contributed by atoms with E-state index < -0.39 is 46.0 Å². The summed E-state index contributed by atoms with van der Waals surface area (Å²) in [5.74, 6) is -0.796. The van der Waals surface area contributed by atoms with Crippen LogP contribution < -0.4 is 4.72 Å². The minimum atomic E-state index is -4.50. The summed E-state index contributed by atoms with van der Waals surface area (Å²) in [6.45, 7) is 0.356. The lowest BCUT2D eigenvalue weighted by Crippen LogP contribution is -2.36. The van der Waals surface area contributed by atoms with Gasteiger partial charge in [-0.15, -0.1) is 0 Å². The third-order valence-electron chi connectivity index (χ3n) is 2.39. The maximum absolute atomic E-state index is 13.1. The quantitative estimate of drug-likeness (QED) is 0.816. The van der Waals surface area contributed by atoms with Crippen LogP contribution in [0.1, 0.15) is 18.9 Å². The summed E-state index contributed by atoms with van der Waals surface area (Å²) in [6, 6.07) is 1.26. The molecule has 0 aliphatic carbocycles. The third-order valence-corrected chi connectivity index (χ3v) is 3.98. The molecule has 1 rings (SSSR count). The van der Waals surface area contributed by atoms with Crippen molar-refractivity contribution < 1.29 is 31.1 Å². The zero-order valence-electron chi connectivity index (χ0n) is 10.4. The van der Waals surface area contributed by atoms with E-state index in [1.54, 1.807) is 0 Å². The van der Waals surface area contributed by atoms with Gasteiger partial charge in [-0.3, -0.25) is 0 Å². The van der Waals surface area contributed by atoms with Crippen LogP contribution in [0.2, 0.25) is 0 Å². The Labute approximate surface area is 113 Å². The van der Waals surface area contributed by atoms with E-state index in [4.69, 9.17) is 5.11 Å². The number of aliphatic hydroxyl groups excluding tert-OH is 1. The van der Waals surface area contributed by atoms with Gasteiger partial charge in [0.2, 0.25) is 10.0 Å². The third kappa shape index (κ3) is 4.73. The van der Waals surface area contributed by atoms with Gasteiger partial charge in [-0.2, -0.15) is 13.2 Å². The fourth-order valence-corrected chi connectivity index (χ4v) is 2.85. The van der Waals surface area contributed by atoms with Crippen molar-refractivity contribution in [3.8, 4) is 0 Å². The minimum absolute atomic E-state index is 0.253. The highest BCUT2D eigenvalue weighted by atomic mass is 32.2. The molecule has 0 fully saturated rings. The van der Waals surface area contributed by atoms with Gasteiger partial charge in [-0.25, -0.2) is 17.5 Å². The average Bonchev–Trinajstić information content (AvgIpc) is 2.25. The predicted molar refractivity (Wildman–Crippen MR) is 62.8 cm³/mol. The van der Waals surface area contributed by atoms with Gasteiger partial charge < -0.3 is 5.11 Å². The second-order valence-electron chi connectivity index (χ2n) is 4.25. The number of hydrogen-bond acceptors (Lipinski definition) is 3. The maximum atomic E-state index is 13.1. The second kappa shape index (κ2) is 6.06. The SMILES string of the molecule is CC(CC(F)(F)F)NS(=O)(=O)c1ccc(F)c(CO)c1. The Morgan fingerprint density at radius 2 is 1.95 bits per heavy atom. The van der Waals surface area contributed by atoms with Crippen molar-refractivity contribution in [2.24, 2.45) is 0 Å². The minimum Gasteiger partial charge on any atom is -0.392 e. The first-order valence-corrected chi connectivity index (χ1v) is 7.02. The monoisotopic (exact) mass is 315 g/mol. The maximum Gasteiger partial charge on any atom is 0.390 e. The van der Waals surface area contributed by atoms with Crippen LogP contribution in [0.25, 0.3) is 0 Å². The lowest BCUT2D eigenvalue weighted by atomic mass is 10.2. The Bertz CT molecular complexity index is 572. The molecule has 20 heavy (non-hydrogen) atoms. The molecular weight excluding hydrogens is 302 g/mol. The van der Waals surface area contributed by atoms with Gasteiger partial charge in [0.25, 0.3) is 0 Å². The van der Waals surface area contributed by atoms with Crippen molar-refractivity contribution in [2.75, 3.05) is 0 Å². The van der Waals surface area contributed by atoms with Gasteiger partial charge in [0.1, 0.15) is 5.82 Å². The molecule has 0 aliphatic rings. The Kier molecular flexibility index (Phi) is 5.11. The van der Waals surface area contributed by atoms with Crippen LogP contribution in [-0.4, -0.2) is 25.7 Å². The van der Waals surface area contributed by atoms with E-state index in [1.165, 1.54) is 0 Å². The van der Waals surface area contributed by atoms with Crippen LogP contribution in [0.15, 0.2) is 23.1 Å². The molecule has 0 saturated heterocycles. The first-order chi connectivity index (χ1) is 9.05. The van der Waals surface area contributed by atoms with E-state index in [2.05, 4.69) is 0 Å². The van der Waals surface area contributed by atoms with Gasteiger partial charge in [0, 0.05) is 11.6 Å². The molecule has 9 heteroatoms. The lowest BCUT2D eigenvalue weighted by molar-refractivity contribution is -0.137. The summed E-state index contributed by atoms with van der Waals surface area (Å²) in [7, 11) is -4.21. The number of rotatable bonds is 5. The van der Waals surface area contributed by atoms with E-state index in [0.717, 1.165) is 25.1 Å². The molecule has 114 valence electrons. The number of aliphatic hydroxyl groups is 1. The number of alkyl halides is 3. The summed E-state index contributed by atoms with van der Waals surface area (Å²) in [5.41, 5.74) is -0.253. The molecule has 0 amide bonds. The standard InChI is InChI=1S/C11H13F4NO3S/c1-7(5-11(13,14)15)16-20(18,19)9-2-3-10(12)8(4-9)6-17/h2-4,7,16-17H,5-6H2,1H3. The van der Waals surface area contributed by atoms with Crippen LogP contribution in [0.3, 0.4) is 0 Å². The van der Waals surface area contributed by atoms with Crippen LogP contribution in [0, 0.1) is 5.82 Å². The topological polar surface area (TPSA) is 66.4 Å². The number of hydrogen-bond donors (Lipinski definition) is 2. The molecule has 1 aromatic carbocycles. The van der Waals surface area contributed by atoms with Crippen molar-refractivity contribution in [2.45, 2.75) is 37.1 Å². The van der Waals surface area contributed by atoms with Crippen LogP contribution in [0.5, 0.6) is 0 Å². The van der Waals surface area contributed by atoms with Crippen molar-refractivity contribution in [1.82, 2.24) is 4.72 Å². The van der Waals surface area contributed by atoms with Gasteiger partial charge in [-0.1, -0.05) is 0 Å². The smallest absolute Gasteiger partial charge is 0.390 e.